The van der Waals surface area contributed by atoms with Crippen molar-refractivity contribution >= 4 is 0 Å². The quantitative estimate of drug-likeness (QED) is 0.642. The van der Waals surface area contributed by atoms with Gasteiger partial charge in [0.05, 0.1) is 0 Å². The molecule has 0 saturated carbocycles. The molecule has 13 heavy (non-hydrogen) atoms. The Labute approximate surface area is 82.5 Å². The molecule has 2 heteroatoms. The van der Waals surface area contributed by atoms with Crippen molar-refractivity contribution in [1.82, 2.24) is 0 Å². The number of aliphatic hydroxyl groups excluding tert-OH is 1. The average Bonchev–Trinajstić information content (AvgIpc) is 2.12. The van der Waals surface area contributed by atoms with Crippen LogP contribution in [0.25, 0.3) is 0 Å². The normalized spacial score (nSPS) is 18.2. The van der Waals surface area contributed by atoms with E-state index in [1.54, 1.807) is 0 Å². The van der Waals surface area contributed by atoms with E-state index in [-0.39, 0.29) is 18.1 Å². The van der Waals surface area contributed by atoms with Gasteiger partial charge in [0, 0.05) is 12.6 Å². The molecule has 2 atom stereocenters. The third kappa shape index (κ3) is 3.65. The van der Waals surface area contributed by atoms with Crippen LogP contribution in [0.4, 0.5) is 0 Å². The summed E-state index contributed by atoms with van der Waals surface area (Å²) in [6, 6.07) is 0.191. The Balaban J connectivity index is 4.26. The van der Waals surface area contributed by atoms with Crippen molar-refractivity contribution in [1.29, 1.82) is 0 Å². The number of unbranched alkanes of at least 4 members (excludes halogenated alkanes) is 1. The Morgan fingerprint density at radius 1 is 1.31 bits per heavy atom. The van der Waals surface area contributed by atoms with Crippen molar-refractivity contribution in [2.24, 2.45) is 11.1 Å². The molecule has 3 N–H and O–H groups in total. The zero-order chi connectivity index (χ0) is 10.3. The largest absolute Gasteiger partial charge is 0.396 e. The van der Waals surface area contributed by atoms with Gasteiger partial charge >= 0.3 is 0 Å². The molecule has 0 aliphatic rings. The van der Waals surface area contributed by atoms with Crippen LogP contribution in [0.1, 0.15) is 52.9 Å². The molecule has 0 aromatic carbocycles. The molecule has 2 unspecified atom stereocenters. The summed E-state index contributed by atoms with van der Waals surface area (Å²) < 4.78 is 0. The van der Waals surface area contributed by atoms with E-state index >= 15 is 0 Å². The van der Waals surface area contributed by atoms with Crippen molar-refractivity contribution in [3.63, 3.8) is 0 Å². The van der Waals surface area contributed by atoms with E-state index < -0.39 is 0 Å². The highest BCUT2D eigenvalue weighted by Gasteiger charge is 2.30. The molecule has 0 rings (SSSR count). The van der Waals surface area contributed by atoms with Crippen LogP contribution in [-0.2, 0) is 0 Å². The number of hydrogen-bond donors (Lipinski definition) is 2. The van der Waals surface area contributed by atoms with Crippen molar-refractivity contribution in [3.05, 3.63) is 0 Å². The zero-order valence-electron chi connectivity index (χ0n) is 9.34. The van der Waals surface area contributed by atoms with Crippen LogP contribution in [0.2, 0.25) is 0 Å². The highest BCUT2D eigenvalue weighted by Crippen LogP contribution is 2.35. The van der Waals surface area contributed by atoms with Gasteiger partial charge in [-0.15, -0.1) is 0 Å². The summed E-state index contributed by atoms with van der Waals surface area (Å²) in [4.78, 5) is 0. The first-order valence-electron chi connectivity index (χ1n) is 5.49. The van der Waals surface area contributed by atoms with E-state index in [0.717, 1.165) is 19.3 Å². The minimum absolute atomic E-state index is 0.171. The summed E-state index contributed by atoms with van der Waals surface area (Å²) in [5.74, 6) is 0. The summed E-state index contributed by atoms with van der Waals surface area (Å²) in [6.45, 7) is 6.70. The van der Waals surface area contributed by atoms with Crippen LogP contribution in [0.3, 0.4) is 0 Å². The molecule has 0 fully saturated rings. The lowest BCUT2D eigenvalue weighted by Gasteiger charge is -2.36. The van der Waals surface area contributed by atoms with Crippen molar-refractivity contribution < 1.29 is 5.11 Å². The minimum Gasteiger partial charge on any atom is -0.396 e. The molecule has 0 aromatic heterocycles. The second-order valence-corrected chi connectivity index (χ2v) is 4.08. The fraction of sp³-hybridized carbons (Fsp3) is 1.00. The summed E-state index contributed by atoms with van der Waals surface area (Å²) >= 11 is 0. The van der Waals surface area contributed by atoms with E-state index in [0.29, 0.717) is 0 Å². The molecule has 0 aromatic rings. The molecule has 2 nitrogen and oxygen atoms in total. The Hall–Kier alpha value is -0.0800. The van der Waals surface area contributed by atoms with E-state index in [1.807, 2.05) is 0 Å². The van der Waals surface area contributed by atoms with Gasteiger partial charge in [0.15, 0.2) is 0 Å². The smallest absolute Gasteiger partial charge is 0.0436 e. The average molecular weight is 187 g/mol. The predicted octanol–water partition coefficient (Wildman–Crippen LogP) is 2.30. The lowest BCUT2D eigenvalue weighted by molar-refractivity contribution is 0.133. The van der Waals surface area contributed by atoms with Crippen LogP contribution >= 0.6 is 0 Å². The third-order valence-corrected chi connectivity index (χ3v) is 3.31. The number of rotatable bonds is 7. The molecule has 0 heterocycles. The number of aliphatic hydroxyl groups is 1. The minimum atomic E-state index is 0.171. The lowest BCUT2D eigenvalue weighted by atomic mass is 9.72. The van der Waals surface area contributed by atoms with Crippen LogP contribution in [0.15, 0.2) is 0 Å². The van der Waals surface area contributed by atoms with Gasteiger partial charge in [-0.1, -0.05) is 26.7 Å². The molecule has 0 radical (unpaired) electrons. The topological polar surface area (TPSA) is 46.2 Å². The van der Waals surface area contributed by atoms with Gasteiger partial charge < -0.3 is 10.8 Å². The first kappa shape index (κ1) is 12.9. The second-order valence-electron chi connectivity index (χ2n) is 4.08. The van der Waals surface area contributed by atoms with Crippen molar-refractivity contribution in [2.45, 2.75) is 58.9 Å². The summed E-state index contributed by atoms with van der Waals surface area (Å²) in [5.41, 5.74) is 6.17. The first-order valence-corrected chi connectivity index (χ1v) is 5.49. The van der Waals surface area contributed by atoms with Gasteiger partial charge in [-0.05, 0) is 31.6 Å². The monoisotopic (exact) mass is 187 g/mol. The molecule has 0 bridgehead atoms. The van der Waals surface area contributed by atoms with Gasteiger partial charge in [-0.2, -0.15) is 0 Å². The highest BCUT2D eigenvalue weighted by molar-refractivity contribution is 4.85. The van der Waals surface area contributed by atoms with Gasteiger partial charge in [0.1, 0.15) is 0 Å². The van der Waals surface area contributed by atoms with Crippen molar-refractivity contribution in [2.75, 3.05) is 6.61 Å². The Bertz CT molecular complexity index is 125. The Kier molecular flexibility index (Phi) is 6.35. The van der Waals surface area contributed by atoms with E-state index in [4.69, 9.17) is 10.8 Å². The molecule has 80 valence electrons. The van der Waals surface area contributed by atoms with Crippen LogP contribution < -0.4 is 5.73 Å². The molecule has 0 aliphatic heterocycles. The Morgan fingerprint density at radius 2 is 1.92 bits per heavy atom. The maximum atomic E-state index is 9.03. The standard InChI is InChI=1S/C11H25NO/c1-4-6-7-11(5-2,8-9-13)10(3)12/h10,13H,4-9,12H2,1-3H3. The van der Waals surface area contributed by atoms with Gasteiger partial charge in [-0.25, -0.2) is 0 Å². The molecule has 0 aliphatic carbocycles. The molecular weight excluding hydrogens is 162 g/mol. The van der Waals surface area contributed by atoms with Crippen LogP contribution in [0.5, 0.6) is 0 Å². The van der Waals surface area contributed by atoms with Gasteiger partial charge in [-0.3, -0.25) is 0 Å². The van der Waals surface area contributed by atoms with Gasteiger partial charge in [0.25, 0.3) is 0 Å². The van der Waals surface area contributed by atoms with Crippen LogP contribution in [-0.4, -0.2) is 17.8 Å². The van der Waals surface area contributed by atoms with Gasteiger partial charge in [0.2, 0.25) is 0 Å². The molecule has 0 saturated heterocycles. The number of nitrogens with two attached hydrogens (primary N) is 1. The van der Waals surface area contributed by atoms with Crippen molar-refractivity contribution in [3.8, 4) is 0 Å². The third-order valence-electron chi connectivity index (χ3n) is 3.31. The molecule has 0 amide bonds. The number of hydrogen-bond acceptors (Lipinski definition) is 2. The van der Waals surface area contributed by atoms with E-state index in [9.17, 15) is 0 Å². The Morgan fingerprint density at radius 3 is 2.23 bits per heavy atom. The van der Waals surface area contributed by atoms with Crippen LogP contribution in [0, 0.1) is 5.41 Å². The fourth-order valence-corrected chi connectivity index (χ4v) is 2.01. The lowest BCUT2D eigenvalue weighted by Crippen LogP contribution is -2.39. The van der Waals surface area contributed by atoms with E-state index in [1.165, 1.54) is 12.8 Å². The predicted molar refractivity (Wildman–Crippen MR) is 57.6 cm³/mol. The molecular formula is C11H25NO. The SMILES string of the molecule is CCCCC(CC)(CCO)C(C)N. The maximum Gasteiger partial charge on any atom is 0.0436 e. The summed E-state index contributed by atoms with van der Waals surface area (Å²) in [5, 5.41) is 9.03. The summed E-state index contributed by atoms with van der Waals surface area (Å²) in [7, 11) is 0. The zero-order valence-corrected chi connectivity index (χ0v) is 9.34. The second kappa shape index (κ2) is 6.39. The molecule has 0 spiro atoms. The highest BCUT2D eigenvalue weighted by atomic mass is 16.3. The fourth-order valence-electron chi connectivity index (χ4n) is 2.01. The maximum absolute atomic E-state index is 9.03. The first-order chi connectivity index (χ1) is 6.13. The van der Waals surface area contributed by atoms with E-state index in [2.05, 4.69) is 20.8 Å². The summed E-state index contributed by atoms with van der Waals surface area (Å²) in [6.07, 6.45) is 5.50.